The van der Waals surface area contributed by atoms with Crippen LogP contribution in [-0.4, -0.2) is 23.3 Å². The second-order valence-corrected chi connectivity index (χ2v) is 8.27. The highest BCUT2D eigenvalue weighted by Crippen LogP contribution is 2.34. The molecule has 0 bridgehead atoms. The SMILES string of the molecule is CSNC(=O)c1nc(N(Cc2ccccc2)C2=CC(C(F)(F)F)=CCC=C2)sc1C. The van der Waals surface area contributed by atoms with Crippen molar-refractivity contribution < 1.29 is 18.0 Å². The molecule has 4 nitrogen and oxygen atoms in total. The number of alkyl halides is 3. The molecule has 1 heterocycles. The van der Waals surface area contributed by atoms with Gasteiger partial charge in [0.05, 0.1) is 12.1 Å². The van der Waals surface area contributed by atoms with Crippen LogP contribution in [0.4, 0.5) is 18.3 Å². The Bertz CT molecular complexity index is 995. The molecule has 9 heteroatoms. The number of allylic oxidation sites excluding steroid dienone is 5. The summed E-state index contributed by atoms with van der Waals surface area (Å²) in [6.07, 6.45) is 3.11. The largest absolute Gasteiger partial charge is 0.416 e. The number of halogens is 3. The highest BCUT2D eigenvalue weighted by Gasteiger charge is 2.33. The summed E-state index contributed by atoms with van der Waals surface area (Å²) >= 11 is 2.44. The van der Waals surface area contributed by atoms with E-state index in [1.807, 2.05) is 30.3 Å². The van der Waals surface area contributed by atoms with Gasteiger partial charge in [0.1, 0.15) is 5.69 Å². The first-order chi connectivity index (χ1) is 14.3. The van der Waals surface area contributed by atoms with Crippen LogP contribution in [0.5, 0.6) is 0 Å². The number of anilines is 1. The summed E-state index contributed by atoms with van der Waals surface area (Å²) in [5.41, 5.74) is 0.850. The molecule has 30 heavy (non-hydrogen) atoms. The fraction of sp³-hybridized carbons (Fsp3) is 0.238. The van der Waals surface area contributed by atoms with Crippen molar-refractivity contribution in [1.82, 2.24) is 9.71 Å². The Kier molecular flexibility index (Phi) is 7.04. The number of amides is 1. The monoisotopic (exact) mass is 451 g/mol. The number of nitrogens with zero attached hydrogens (tertiary/aromatic N) is 2. The molecule has 0 atom stereocenters. The number of benzene rings is 1. The quantitative estimate of drug-likeness (QED) is 0.564. The highest BCUT2D eigenvalue weighted by molar-refractivity contribution is 7.97. The van der Waals surface area contributed by atoms with Gasteiger partial charge in [0.2, 0.25) is 0 Å². The molecule has 0 fully saturated rings. The van der Waals surface area contributed by atoms with Gasteiger partial charge in [-0.1, -0.05) is 54.4 Å². The number of rotatable bonds is 6. The van der Waals surface area contributed by atoms with E-state index in [0.717, 1.165) is 29.7 Å². The summed E-state index contributed by atoms with van der Waals surface area (Å²) in [5.74, 6) is -0.330. The second-order valence-electron chi connectivity index (χ2n) is 6.47. The number of carbonyl (C=O) groups excluding carboxylic acids is 1. The maximum absolute atomic E-state index is 13.4. The summed E-state index contributed by atoms with van der Waals surface area (Å²) in [5, 5.41) is 0.460. The maximum Gasteiger partial charge on any atom is 0.416 e. The zero-order valence-electron chi connectivity index (χ0n) is 16.4. The number of carbonyl (C=O) groups is 1. The van der Waals surface area contributed by atoms with Crippen LogP contribution in [0, 0.1) is 6.92 Å². The van der Waals surface area contributed by atoms with Crippen LogP contribution >= 0.6 is 23.3 Å². The van der Waals surface area contributed by atoms with Gasteiger partial charge in [0, 0.05) is 16.8 Å². The first-order valence-corrected chi connectivity index (χ1v) is 11.1. The molecule has 0 aliphatic heterocycles. The molecule has 3 rings (SSSR count). The molecule has 1 aliphatic carbocycles. The number of aryl methyl sites for hydroxylation is 1. The predicted octanol–water partition coefficient (Wildman–Crippen LogP) is 5.80. The van der Waals surface area contributed by atoms with E-state index in [2.05, 4.69) is 9.71 Å². The standard InChI is InChI=1S/C21H20F3N3OS2/c1-14-18(19(28)26-29-2)25-20(30-14)27(13-15-8-4-3-5-9-15)17-11-7-6-10-16(12-17)21(22,23)24/h3-5,7-12H,6,13H2,1-2H3,(H,26,28). The summed E-state index contributed by atoms with van der Waals surface area (Å²) in [7, 11) is 0. The average molecular weight is 452 g/mol. The molecular weight excluding hydrogens is 431 g/mol. The minimum atomic E-state index is -4.45. The van der Waals surface area contributed by atoms with Gasteiger partial charge in [-0.05, 0) is 31.1 Å². The van der Waals surface area contributed by atoms with Gasteiger partial charge in [-0.3, -0.25) is 9.52 Å². The van der Waals surface area contributed by atoms with E-state index in [-0.39, 0.29) is 18.0 Å². The predicted molar refractivity (Wildman–Crippen MR) is 116 cm³/mol. The van der Waals surface area contributed by atoms with Crippen LogP contribution in [0.3, 0.4) is 0 Å². The normalized spacial score (nSPS) is 14.0. The van der Waals surface area contributed by atoms with Crippen LogP contribution in [0.1, 0.15) is 27.3 Å². The lowest BCUT2D eigenvalue weighted by Crippen LogP contribution is -2.23. The van der Waals surface area contributed by atoms with E-state index in [1.165, 1.54) is 11.3 Å². The maximum atomic E-state index is 13.4. The Morgan fingerprint density at radius 2 is 2.03 bits per heavy atom. The van der Waals surface area contributed by atoms with Crippen molar-refractivity contribution in [3.05, 3.63) is 82.0 Å². The van der Waals surface area contributed by atoms with Crippen molar-refractivity contribution in [2.45, 2.75) is 26.1 Å². The third-order valence-corrected chi connectivity index (χ3v) is 5.70. The first-order valence-electron chi connectivity index (χ1n) is 9.07. The number of nitrogens with one attached hydrogen (secondary N) is 1. The summed E-state index contributed by atoms with van der Waals surface area (Å²) < 4.78 is 42.9. The first kappa shape index (κ1) is 22.2. The smallest absolute Gasteiger partial charge is 0.313 e. The molecule has 0 unspecified atom stereocenters. The number of hydrogen-bond donors (Lipinski definition) is 1. The van der Waals surface area contributed by atoms with E-state index in [1.54, 1.807) is 30.2 Å². The van der Waals surface area contributed by atoms with E-state index in [4.69, 9.17) is 0 Å². The molecule has 0 radical (unpaired) electrons. The molecule has 1 N–H and O–H groups in total. The summed E-state index contributed by atoms with van der Waals surface area (Å²) in [6, 6.07) is 9.42. The van der Waals surface area contributed by atoms with Crippen LogP contribution < -0.4 is 9.62 Å². The van der Waals surface area contributed by atoms with Gasteiger partial charge in [-0.25, -0.2) is 4.98 Å². The molecule has 1 amide bonds. The van der Waals surface area contributed by atoms with E-state index in [9.17, 15) is 18.0 Å². The van der Waals surface area contributed by atoms with Crippen molar-refractivity contribution in [2.24, 2.45) is 0 Å². The topological polar surface area (TPSA) is 45.2 Å². The third kappa shape index (κ3) is 5.34. The summed E-state index contributed by atoms with van der Waals surface area (Å²) in [6.45, 7) is 2.09. The number of aromatic nitrogens is 1. The molecule has 1 aliphatic rings. The Labute approximate surface area is 181 Å². The number of hydrogen-bond acceptors (Lipinski definition) is 5. The Morgan fingerprint density at radius 3 is 2.70 bits per heavy atom. The van der Waals surface area contributed by atoms with Gasteiger partial charge >= 0.3 is 6.18 Å². The van der Waals surface area contributed by atoms with Crippen LogP contribution in [0.25, 0.3) is 0 Å². The van der Waals surface area contributed by atoms with Gasteiger partial charge < -0.3 is 4.90 Å². The van der Waals surface area contributed by atoms with E-state index < -0.39 is 11.7 Å². The molecule has 0 saturated carbocycles. The van der Waals surface area contributed by atoms with Crippen LogP contribution in [-0.2, 0) is 6.54 Å². The van der Waals surface area contributed by atoms with Gasteiger partial charge in [0.25, 0.3) is 5.91 Å². The van der Waals surface area contributed by atoms with E-state index >= 15 is 0 Å². The second kappa shape index (κ2) is 9.53. The molecule has 2 aromatic rings. The van der Waals surface area contributed by atoms with Crippen molar-refractivity contribution in [3.8, 4) is 0 Å². The zero-order valence-corrected chi connectivity index (χ0v) is 18.0. The lowest BCUT2D eigenvalue weighted by molar-refractivity contribution is -0.0884. The lowest BCUT2D eigenvalue weighted by Gasteiger charge is -2.24. The van der Waals surface area contributed by atoms with Gasteiger partial charge in [-0.15, -0.1) is 11.3 Å². The fourth-order valence-corrected chi connectivity index (χ4v) is 4.11. The van der Waals surface area contributed by atoms with Crippen molar-refractivity contribution >= 4 is 34.3 Å². The summed E-state index contributed by atoms with van der Waals surface area (Å²) in [4.78, 5) is 19.1. The van der Waals surface area contributed by atoms with E-state index in [0.29, 0.717) is 22.3 Å². The van der Waals surface area contributed by atoms with Gasteiger partial charge in [-0.2, -0.15) is 13.2 Å². The minimum Gasteiger partial charge on any atom is -0.313 e. The zero-order chi connectivity index (χ0) is 21.7. The van der Waals surface area contributed by atoms with Crippen LogP contribution in [0.2, 0.25) is 0 Å². The fourth-order valence-electron chi connectivity index (χ4n) is 2.90. The molecule has 1 aromatic heterocycles. The number of thiazole rings is 1. The van der Waals surface area contributed by atoms with Crippen molar-refractivity contribution in [1.29, 1.82) is 0 Å². The average Bonchev–Trinajstić information content (AvgIpc) is 2.92. The minimum absolute atomic E-state index is 0.187. The van der Waals surface area contributed by atoms with Gasteiger partial charge in [0.15, 0.2) is 5.13 Å². The Balaban J connectivity index is 2.06. The third-order valence-electron chi connectivity index (χ3n) is 4.31. The molecule has 158 valence electrons. The van der Waals surface area contributed by atoms with Crippen LogP contribution in [0.15, 0.2) is 65.9 Å². The highest BCUT2D eigenvalue weighted by atomic mass is 32.2. The molecular formula is C21H20F3N3OS2. The Hall–Kier alpha value is -2.52. The molecule has 0 spiro atoms. The Morgan fingerprint density at radius 1 is 1.30 bits per heavy atom. The van der Waals surface area contributed by atoms with Crippen molar-refractivity contribution in [2.75, 3.05) is 11.2 Å². The molecule has 0 saturated heterocycles. The molecule has 1 aromatic carbocycles. The van der Waals surface area contributed by atoms with Crippen molar-refractivity contribution in [3.63, 3.8) is 0 Å². The lowest BCUT2D eigenvalue weighted by atomic mass is 10.1.